The van der Waals surface area contributed by atoms with Gasteiger partial charge in [0.25, 0.3) is 0 Å². The number of amides is 3. The summed E-state index contributed by atoms with van der Waals surface area (Å²) in [6, 6.07) is 6.72. The summed E-state index contributed by atoms with van der Waals surface area (Å²) in [5, 5.41) is 16.5. The Labute approximate surface area is 189 Å². The van der Waals surface area contributed by atoms with E-state index in [2.05, 4.69) is 16.0 Å². The minimum atomic E-state index is -1.18. The normalized spacial score (nSPS) is 14.7. The number of carboxylic acid groups (broad SMARTS) is 1. The van der Waals surface area contributed by atoms with Crippen molar-refractivity contribution in [1.29, 1.82) is 0 Å². The molecule has 9 nitrogen and oxygen atoms in total. The molecule has 0 heterocycles. The molecule has 9 heteroatoms. The minimum Gasteiger partial charge on any atom is -0.480 e. The van der Waals surface area contributed by atoms with Crippen LogP contribution >= 0.6 is 0 Å². The Morgan fingerprint density at radius 3 is 2.12 bits per heavy atom. The lowest BCUT2D eigenvalue weighted by Gasteiger charge is -2.28. The lowest BCUT2D eigenvalue weighted by molar-refractivity contribution is -0.138. The lowest BCUT2D eigenvalue weighted by Crippen LogP contribution is -2.58. The maximum Gasteiger partial charge on any atom is 0.322 e. The van der Waals surface area contributed by atoms with E-state index in [0.717, 1.165) is 5.56 Å². The predicted molar refractivity (Wildman–Crippen MR) is 122 cm³/mol. The molecule has 4 atom stereocenters. The molecule has 178 valence electrons. The molecule has 0 aliphatic heterocycles. The van der Waals surface area contributed by atoms with E-state index < -0.39 is 48.4 Å². The molecule has 0 aliphatic carbocycles. The van der Waals surface area contributed by atoms with E-state index in [4.69, 9.17) is 10.8 Å². The van der Waals surface area contributed by atoms with Crippen LogP contribution in [-0.4, -0.2) is 53.5 Å². The molecule has 4 unspecified atom stereocenters. The van der Waals surface area contributed by atoms with Gasteiger partial charge in [0.1, 0.15) is 18.6 Å². The zero-order valence-corrected chi connectivity index (χ0v) is 19.3. The summed E-state index contributed by atoms with van der Waals surface area (Å²) in [5.74, 6) is -2.84. The third-order valence-corrected chi connectivity index (χ3v) is 5.18. The fourth-order valence-corrected chi connectivity index (χ4v) is 3.17. The highest BCUT2D eigenvalue weighted by molar-refractivity contribution is 5.93. The molecule has 6 N–H and O–H groups in total. The molecule has 0 radical (unpaired) electrons. The largest absolute Gasteiger partial charge is 0.480 e. The lowest BCUT2D eigenvalue weighted by atomic mass is 9.96. The van der Waals surface area contributed by atoms with Crippen LogP contribution in [-0.2, 0) is 25.6 Å². The second kappa shape index (κ2) is 13.5. The molecule has 0 aromatic heterocycles. The fourth-order valence-electron chi connectivity index (χ4n) is 3.17. The van der Waals surface area contributed by atoms with E-state index in [1.54, 1.807) is 0 Å². The Morgan fingerprint density at radius 1 is 0.969 bits per heavy atom. The highest BCUT2D eigenvalue weighted by atomic mass is 16.4. The molecule has 1 aromatic carbocycles. The zero-order chi connectivity index (χ0) is 24.3. The second-order valence-corrected chi connectivity index (χ2v) is 8.47. The van der Waals surface area contributed by atoms with Crippen LogP contribution in [0, 0.1) is 11.8 Å². The first-order valence-electron chi connectivity index (χ1n) is 10.9. The number of nitrogens with one attached hydrogen (secondary N) is 3. The summed E-state index contributed by atoms with van der Waals surface area (Å²) >= 11 is 0. The number of rotatable bonds is 13. The van der Waals surface area contributed by atoms with Crippen LogP contribution in [0.2, 0.25) is 0 Å². The number of benzene rings is 1. The average molecular weight is 449 g/mol. The van der Waals surface area contributed by atoms with Crippen LogP contribution < -0.4 is 21.7 Å². The third-order valence-electron chi connectivity index (χ3n) is 5.18. The number of nitrogens with two attached hydrogens (primary N) is 1. The standard InChI is InChI=1S/C23H36N4O5/c1-5-15(4)20(27-21(30)17(24)12-16-9-7-6-8-10-16)23(32)26-18(11-14(2)3)22(31)25-13-19(28)29/h6-10,14-15,17-18,20H,5,11-13,24H2,1-4H3,(H,25,31)(H,26,32)(H,27,30)(H,28,29). The third kappa shape index (κ3) is 9.47. The number of carboxylic acids is 1. The first-order valence-corrected chi connectivity index (χ1v) is 10.9. The molecule has 0 saturated carbocycles. The molecular weight excluding hydrogens is 412 g/mol. The Hall–Kier alpha value is -2.94. The summed E-state index contributed by atoms with van der Waals surface area (Å²) < 4.78 is 0. The van der Waals surface area contributed by atoms with Crippen molar-refractivity contribution in [1.82, 2.24) is 16.0 Å². The minimum absolute atomic E-state index is 0.0758. The topological polar surface area (TPSA) is 151 Å². The molecular formula is C23H36N4O5. The van der Waals surface area contributed by atoms with Crippen LogP contribution in [0.15, 0.2) is 30.3 Å². The molecule has 0 spiro atoms. The van der Waals surface area contributed by atoms with E-state index in [0.29, 0.717) is 19.3 Å². The van der Waals surface area contributed by atoms with Gasteiger partial charge in [-0.3, -0.25) is 19.2 Å². The molecule has 1 rings (SSSR count). The fraction of sp³-hybridized carbons (Fsp3) is 0.565. The summed E-state index contributed by atoms with van der Waals surface area (Å²) in [4.78, 5) is 48.9. The first kappa shape index (κ1) is 27.1. The van der Waals surface area contributed by atoms with Crippen molar-refractivity contribution in [2.75, 3.05) is 6.54 Å². The highest BCUT2D eigenvalue weighted by Gasteiger charge is 2.31. The summed E-state index contributed by atoms with van der Waals surface area (Å²) in [5.41, 5.74) is 6.97. The van der Waals surface area contributed by atoms with Gasteiger partial charge in [-0.25, -0.2) is 0 Å². The maximum absolute atomic E-state index is 13.0. The van der Waals surface area contributed by atoms with E-state index in [-0.39, 0.29) is 11.8 Å². The van der Waals surface area contributed by atoms with Gasteiger partial charge >= 0.3 is 5.97 Å². The van der Waals surface area contributed by atoms with Crippen molar-refractivity contribution in [3.8, 4) is 0 Å². The smallest absolute Gasteiger partial charge is 0.322 e. The van der Waals surface area contributed by atoms with Crippen LogP contribution in [0.5, 0.6) is 0 Å². The zero-order valence-electron chi connectivity index (χ0n) is 19.3. The van der Waals surface area contributed by atoms with E-state index in [1.807, 2.05) is 58.0 Å². The van der Waals surface area contributed by atoms with Crippen molar-refractivity contribution < 1.29 is 24.3 Å². The average Bonchev–Trinajstić information content (AvgIpc) is 2.74. The predicted octanol–water partition coefficient (Wildman–Crippen LogP) is 0.819. The molecule has 0 fully saturated rings. The van der Waals surface area contributed by atoms with Crippen molar-refractivity contribution in [2.45, 2.75) is 65.1 Å². The van der Waals surface area contributed by atoms with Gasteiger partial charge in [-0.15, -0.1) is 0 Å². The van der Waals surface area contributed by atoms with Gasteiger partial charge in [0, 0.05) is 0 Å². The van der Waals surface area contributed by atoms with Crippen LogP contribution in [0.25, 0.3) is 0 Å². The summed E-state index contributed by atoms with van der Waals surface area (Å²) in [6.07, 6.45) is 1.27. The Kier molecular flexibility index (Phi) is 11.4. The molecule has 0 saturated heterocycles. The Bertz CT molecular complexity index is 769. The Morgan fingerprint density at radius 2 is 1.59 bits per heavy atom. The molecule has 0 bridgehead atoms. The van der Waals surface area contributed by atoms with Crippen LogP contribution in [0.4, 0.5) is 0 Å². The van der Waals surface area contributed by atoms with Gasteiger partial charge in [0.15, 0.2) is 0 Å². The quantitative estimate of drug-likeness (QED) is 0.301. The number of carbonyl (C=O) groups is 4. The maximum atomic E-state index is 13.0. The van der Waals surface area contributed by atoms with Gasteiger partial charge in [0.2, 0.25) is 17.7 Å². The molecule has 0 aliphatic rings. The van der Waals surface area contributed by atoms with Gasteiger partial charge in [-0.1, -0.05) is 64.4 Å². The van der Waals surface area contributed by atoms with E-state index in [1.165, 1.54) is 0 Å². The summed E-state index contributed by atoms with van der Waals surface area (Å²) in [7, 11) is 0. The Balaban J connectivity index is 2.88. The van der Waals surface area contributed by atoms with Crippen molar-refractivity contribution in [3.63, 3.8) is 0 Å². The van der Waals surface area contributed by atoms with Crippen LogP contribution in [0.3, 0.4) is 0 Å². The number of carbonyl (C=O) groups excluding carboxylic acids is 3. The molecule has 32 heavy (non-hydrogen) atoms. The van der Waals surface area contributed by atoms with Gasteiger partial charge < -0.3 is 26.8 Å². The van der Waals surface area contributed by atoms with Gasteiger partial charge in [0.05, 0.1) is 6.04 Å². The molecule has 1 aromatic rings. The monoisotopic (exact) mass is 448 g/mol. The van der Waals surface area contributed by atoms with Crippen molar-refractivity contribution in [3.05, 3.63) is 35.9 Å². The molecule has 3 amide bonds. The van der Waals surface area contributed by atoms with Crippen LogP contribution in [0.1, 0.15) is 46.1 Å². The number of hydrogen-bond donors (Lipinski definition) is 5. The van der Waals surface area contributed by atoms with Gasteiger partial charge in [-0.05, 0) is 30.2 Å². The first-order chi connectivity index (χ1) is 15.0. The van der Waals surface area contributed by atoms with Gasteiger partial charge in [-0.2, -0.15) is 0 Å². The number of hydrogen-bond acceptors (Lipinski definition) is 5. The van der Waals surface area contributed by atoms with E-state index >= 15 is 0 Å². The van der Waals surface area contributed by atoms with Crippen molar-refractivity contribution >= 4 is 23.7 Å². The highest BCUT2D eigenvalue weighted by Crippen LogP contribution is 2.11. The second-order valence-electron chi connectivity index (χ2n) is 8.47. The summed E-state index contributed by atoms with van der Waals surface area (Å²) in [6.45, 7) is 6.96. The SMILES string of the molecule is CCC(C)C(NC(=O)C(N)Cc1ccccc1)C(=O)NC(CC(C)C)C(=O)NCC(=O)O. The van der Waals surface area contributed by atoms with Crippen molar-refractivity contribution in [2.24, 2.45) is 17.6 Å². The number of aliphatic carboxylic acids is 1. The van der Waals surface area contributed by atoms with E-state index in [9.17, 15) is 19.2 Å².